The number of hydrogen-bond donors (Lipinski definition) is 1. The average Bonchev–Trinajstić information content (AvgIpc) is 2.80. The van der Waals surface area contributed by atoms with Crippen LogP contribution < -0.4 is 15.6 Å². The summed E-state index contributed by atoms with van der Waals surface area (Å²) >= 11 is 11.9. The third-order valence-electron chi connectivity index (χ3n) is 4.69. The van der Waals surface area contributed by atoms with Crippen molar-refractivity contribution < 1.29 is 9.53 Å². The van der Waals surface area contributed by atoms with Gasteiger partial charge >= 0.3 is 0 Å². The lowest BCUT2D eigenvalue weighted by atomic mass is 10.1. The Kier molecular flexibility index (Phi) is 6.68. The summed E-state index contributed by atoms with van der Waals surface area (Å²) in [7, 11) is 0. The van der Waals surface area contributed by atoms with Crippen molar-refractivity contribution in [2.24, 2.45) is 0 Å². The summed E-state index contributed by atoms with van der Waals surface area (Å²) in [6.07, 6.45) is 1.66. The number of nitrogens with zero attached hydrogens (tertiary/aromatic N) is 3. The largest absolute Gasteiger partial charge is 0.482 e. The minimum Gasteiger partial charge on any atom is -0.482 e. The SMILES string of the molecule is O=C(COc1ccc(Cl)cc1Cl)NCc1nn(Cc2ccccn2)c(=O)c2ccccc12. The Labute approximate surface area is 193 Å². The molecule has 0 aliphatic heterocycles. The summed E-state index contributed by atoms with van der Waals surface area (Å²) in [4.78, 5) is 29.5. The van der Waals surface area contributed by atoms with Crippen molar-refractivity contribution in [3.05, 3.63) is 98.6 Å². The van der Waals surface area contributed by atoms with Gasteiger partial charge in [0, 0.05) is 16.6 Å². The Morgan fingerprint density at radius 1 is 1.03 bits per heavy atom. The van der Waals surface area contributed by atoms with Crippen LogP contribution in [0.3, 0.4) is 0 Å². The Hall–Kier alpha value is -3.42. The molecule has 9 heteroatoms. The highest BCUT2D eigenvalue weighted by atomic mass is 35.5. The van der Waals surface area contributed by atoms with Crippen molar-refractivity contribution in [2.45, 2.75) is 13.1 Å². The minimum atomic E-state index is -0.357. The predicted octanol–water partition coefficient (Wildman–Crippen LogP) is 3.84. The smallest absolute Gasteiger partial charge is 0.275 e. The van der Waals surface area contributed by atoms with E-state index in [4.69, 9.17) is 27.9 Å². The first-order chi connectivity index (χ1) is 15.5. The first-order valence-electron chi connectivity index (χ1n) is 9.74. The third-order valence-corrected chi connectivity index (χ3v) is 5.22. The van der Waals surface area contributed by atoms with Crippen LogP contribution in [-0.4, -0.2) is 27.3 Å². The molecule has 4 aromatic rings. The van der Waals surface area contributed by atoms with Crippen molar-refractivity contribution in [1.29, 1.82) is 0 Å². The molecule has 162 valence electrons. The van der Waals surface area contributed by atoms with E-state index < -0.39 is 0 Å². The van der Waals surface area contributed by atoms with Crippen LogP contribution in [0.4, 0.5) is 0 Å². The van der Waals surface area contributed by atoms with E-state index in [-0.39, 0.29) is 31.2 Å². The van der Waals surface area contributed by atoms with Crippen molar-refractivity contribution in [2.75, 3.05) is 6.61 Å². The molecule has 2 aromatic carbocycles. The van der Waals surface area contributed by atoms with Crippen molar-refractivity contribution >= 4 is 39.9 Å². The number of fused-ring (bicyclic) bond motifs is 1. The zero-order valence-corrected chi connectivity index (χ0v) is 18.3. The maximum absolute atomic E-state index is 12.9. The van der Waals surface area contributed by atoms with Gasteiger partial charge < -0.3 is 10.1 Å². The van der Waals surface area contributed by atoms with E-state index >= 15 is 0 Å². The van der Waals surface area contributed by atoms with Gasteiger partial charge in [0.25, 0.3) is 11.5 Å². The quantitative estimate of drug-likeness (QED) is 0.445. The molecule has 0 saturated heterocycles. The van der Waals surface area contributed by atoms with Gasteiger partial charge in [-0.05, 0) is 36.4 Å². The number of halogens is 2. The van der Waals surface area contributed by atoms with Crippen LogP contribution in [0.5, 0.6) is 5.75 Å². The van der Waals surface area contributed by atoms with E-state index in [9.17, 15) is 9.59 Å². The van der Waals surface area contributed by atoms with E-state index in [1.807, 2.05) is 18.2 Å². The summed E-state index contributed by atoms with van der Waals surface area (Å²) in [5.41, 5.74) is 1.05. The van der Waals surface area contributed by atoms with Crippen LogP contribution in [0.25, 0.3) is 10.8 Å². The van der Waals surface area contributed by atoms with Crippen LogP contribution in [0, 0.1) is 0 Å². The molecule has 0 fully saturated rings. The van der Waals surface area contributed by atoms with E-state index in [1.165, 1.54) is 10.7 Å². The second-order valence-electron chi connectivity index (χ2n) is 6.92. The molecule has 2 aromatic heterocycles. The lowest BCUT2D eigenvalue weighted by Crippen LogP contribution is -2.31. The molecule has 0 atom stereocenters. The Balaban J connectivity index is 1.51. The maximum atomic E-state index is 12.9. The van der Waals surface area contributed by atoms with Crippen molar-refractivity contribution in [3.8, 4) is 5.75 Å². The monoisotopic (exact) mass is 468 g/mol. The van der Waals surface area contributed by atoms with Gasteiger partial charge in [0.1, 0.15) is 5.75 Å². The highest BCUT2D eigenvalue weighted by molar-refractivity contribution is 6.35. The lowest BCUT2D eigenvalue weighted by Gasteiger charge is -2.12. The van der Waals surface area contributed by atoms with Crippen LogP contribution in [0.2, 0.25) is 10.0 Å². The van der Waals surface area contributed by atoms with Gasteiger partial charge in [-0.1, -0.05) is 47.5 Å². The van der Waals surface area contributed by atoms with E-state index in [0.29, 0.717) is 38.0 Å². The van der Waals surface area contributed by atoms with Crippen LogP contribution >= 0.6 is 23.2 Å². The number of pyridine rings is 1. The van der Waals surface area contributed by atoms with Gasteiger partial charge in [0.05, 0.1) is 34.9 Å². The van der Waals surface area contributed by atoms with Gasteiger partial charge in [-0.15, -0.1) is 0 Å². The van der Waals surface area contributed by atoms with Crippen LogP contribution in [-0.2, 0) is 17.9 Å². The molecule has 1 N–H and O–H groups in total. The number of amides is 1. The van der Waals surface area contributed by atoms with E-state index in [1.54, 1.807) is 42.6 Å². The number of carbonyl (C=O) groups is 1. The van der Waals surface area contributed by atoms with Gasteiger partial charge in [-0.3, -0.25) is 14.6 Å². The molecular formula is C23H18Cl2N4O3. The molecule has 0 spiro atoms. The number of ether oxygens (including phenoxy) is 1. The van der Waals surface area contributed by atoms with Gasteiger partial charge in [0.15, 0.2) is 6.61 Å². The van der Waals surface area contributed by atoms with Crippen molar-refractivity contribution in [3.63, 3.8) is 0 Å². The molecule has 0 aliphatic carbocycles. The minimum absolute atomic E-state index is 0.125. The zero-order valence-electron chi connectivity index (χ0n) is 16.8. The van der Waals surface area contributed by atoms with Gasteiger partial charge in [-0.25, -0.2) is 4.68 Å². The Morgan fingerprint density at radius 3 is 2.56 bits per heavy atom. The van der Waals surface area contributed by atoms with Crippen LogP contribution in [0.1, 0.15) is 11.4 Å². The molecule has 0 saturated carbocycles. The number of carbonyl (C=O) groups excluding carboxylic acids is 1. The summed E-state index contributed by atoms with van der Waals surface area (Å²) in [5, 5.41) is 9.25. The standard InChI is InChI=1S/C23H18Cl2N4O3/c24-15-8-9-21(19(25)11-15)32-14-22(30)27-12-20-17-6-1-2-7-18(17)23(31)29(28-20)13-16-5-3-4-10-26-16/h1-11H,12-14H2,(H,27,30). The highest BCUT2D eigenvalue weighted by Gasteiger charge is 2.13. The van der Waals surface area contributed by atoms with E-state index in [2.05, 4.69) is 15.4 Å². The maximum Gasteiger partial charge on any atom is 0.275 e. The van der Waals surface area contributed by atoms with Crippen molar-refractivity contribution in [1.82, 2.24) is 20.1 Å². The molecule has 0 aliphatic rings. The summed E-state index contributed by atoms with van der Waals surface area (Å²) in [6, 6.07) is 17.4. The second-order valence-corrected chi connectivity index (χ2v) is 7.76. The first kappa shape index (κ1) is 21.8. The lowest BCUT2D eigenvalue weighted by molar-refractivity contribution is -0.123. The summed E-state index contributed by atoms with van der Waals surface area (Å²) in [5.74, 6) is 0.00285. The fourth-order valence-corrected chi connectivity index (χ4v) is 3.62. The molecule has 1 amide bonds. The number of benzene rings is 2. The van der Waals surface area contributed by atoms with E-state index in [0.717, 1.165) is 0 Å². The fourth-order valence-electron chi connectivity index (χ4n) is 3.16. The molecule has 0 bridgehead atoms. The fraction of sp³-hybridized carbons (Fsp3) is 0.130. The average molecular weight is 469 g/mol. The number of nitrogens with one attached hydrogen (secondary N) is 1. The number of hydrogen-bond acceptors (Lipinski definition) is 5. The van der Waals surface area contributed by atoms with Crippen LogP contribution in [0.15, 0.2) is 71.7 Å². The summed E-state index contributed by atoms with van der Waals surface area (Å²) in [6.45, 7) is 0.121. The predicted molar refractivity (Wildman–Crippen MR) is 123 cm³/mol. The normalized spacial score (nSPS) is 10.8. The zero-order chi connectivity index (χ0) is 22.5. The number of aromatic nitrogens is 3. The molecule has 0 radical (unpaired) electrons. The second kappa shape index (κ2) is 9.80. The number of rotatable bonds is 7. The first-order valence-corrected chi connectivity index (χ1v) is 10.5. The van der Waals surface area contributed by atoms with Gasteiger partial charge in [-0.2, -0.15) is 5.10 Å². The van der Waals surface area contributed by atoms with Gasteiger partial charge in [0.2, 0.25) is 0 Å². The molecule has 2 heterocycles. The highest BCUT2D eigenvalue weighted by Crippen LogP contribution is 2.27. The summed E-state index contributed by atoms with van der Waals surface area (Å²) < 4.78 is 6.82. The molecule has 4 rings (SSSR count). The Bertz CT molecular complexity index is 1330. The Morgan fingerprint density at radius 2 is 1.81 bits per heavy atom. The molecule has 7 nitrogen and oxygen atoms in total. The topological polar surface area (TPSA) is 86.1 Å². The molecular weight excluding hydrogens is 451 g/mol. The molecule has 32 heavy (non-hydrogen) atoms. The molecule has 0 unspecified atom stereocenters. The third kappa shape index (κ3) is 5.07.